The van der Waals surface area contributed by atoms with Crippen molar-refractivity contribution in [3.05, 3.63) is 24.3 Å². The summed E-state index contributed by atoms with van der Waals surface area (Å²) in [5.74, 6) is -0.788. The molecule has 0 amide bonds. The average molecular weight is 164 g/mol. The lowest BCUT2D eigenvalue weighted by molar-refractivity contribution is -0.138. The van der Waals surface area contributed by atoms with E-state index in [9.17, 15) is 4.79 Å². The summed E-state index contributed by atoms with van der Waals surface area (Å²) in [6.07, 6.45) is 5.53. The molecule has 0 saturated heterocycles. The second-order valence-corrected chi connectivity index (χ2v) is 2.96. The molecule has 1 saturated carbocycles. The Balaban J connectivity index is 2.11. The van der Waals surface area contributed by atoms with E-state index in [2.05, 4.69) is 9.97 Å². The molecule has 1 heterocycles. The van der Waals surface area contributed by atoms with E-state index in [-0.39, 0.29) is 11.8 Å². The molecule has 0 radical (unpaired) electrons. The van der Waals surface area contributed by atoms with Crippen molar-refractivity contribution in [2.24, 2.45) is 5.92 Å². The van der Waals surface area contributed by atoms with Gasteiger partial charge >= 0.3 is 5.97 Å². The zero-order chi connectivity index (χ0) is 8.55. The van der Waals surface area contributed by atoms with E-state index in [1.807, 2.05) is 0 Å². The number of hydrogen-bond acceptors (Lipinski definition) is 3. The van der Waals surface area contributed by atoms with Crippen molar-refractivity contribution in [3.8, 4) is 0 Å². The first-order chi connectivity index (χ1) is 5.79. The first-order valence-corrected chi connectivity index (χ1v) is 3.77. The van der Waals surface area contributed by atoms with E-state index in [1.165, 1.54) is 6.33 Å². The highest BCUT2D eigenvalue weighted by molar-refractivity contribution is 5.75. The zero-order valence-corrected chi connectivity index (χ0v) is 6.34. The van der Waals surface area contributed by atoms with Crippen LogP contribution in [0.4, 0.5) is 0 Å². The van der Waals surface area contributed by atoms with Crippen molar-refractivity contribution in [3.63, 3.8) is 0 Å². The molecule has 0 aliphatic heterocycles. The SMILES string of the molecule is O=C(O)C1CC1c1cncnc1. The molecule has 4 heteroatoms. The van der Waals surface area contributed by atoms with Crippen LogP contribution in [-0.4, -0.2) is 21.0 Å². The number of carboxylic acids is 1. The molecule has 0 bridgehead atoms. The first kappa shape index (κ1) is 7.21. The lowest BCUT2D eigenvalue weighted by atomic mass is 10.2. The van der Waals surface area contributed by atoms with Crippen LogP contribution in [0.25, 0.3) is 0 Å². The number of carboxylic acid groups (broad SMARTS) is 1. The van der Waals surface area contributed by atoms with Crippen molar-refractivity contribution in [1.29, 1.82) is 0 Å². The zero-order valence-electron chi connectivity index (χ0n) is 6.34. The molecular formula is C8H8N2O2. The molecule has 2 rings (SSSR count). The molecular weight excluding hydrogens is 156 g/mol. The summed E-state index contributed by atoms with van der Waals surface area (Å²) in [5.41, 5.74) is 0.935. The lowest BCUT2D eigenvalue weighted by Gasteiger charge is -1.93. The van der Waals surface area contributed by atoms with Crippen LogP contribution in [0, 0.1) is 5.92 Å². The summed E-state index contributed by atoms with van der Waals surface area (Å²) in [6.45, 7) is 0. The van der Waals surface area contributed by atoms with Gasteiger partial charge in [-0.15, -0.1) is 0 Å². The topological polar surface area (TPSA) is 63.1 Å². The van der Waals surface area contributed by atoms with E-state index in [0.717, 1.165) is 12.0 Å². The van der Waals surface area contributed by atoms with Crippen molar-refractivity contribution in [1.82, 2.24) is 9.97 Å². The van der Waals surface area contributed by atoms with Crippen LogP contribution in [0.2, 0.25) is 0 Å². The van der Waals surface area contributed by atoms with Crippen molar-refractivity contribution in [2.75, 3.05) is 0 Å². The van der Waals surface area contributed by atoms with E-state index in [1.54, 1.807) is 12.4 Å². The number of aliphatic carboxylic acids is 1. The second kappa shape index (κ2) is 2.55. The Morgan fingerprint density at radius 1 is 1.50 bits per heavy atom. The number of aromatic nitrogens is 2. The minimum absolute atomic E-state index is 0.142. The molecule has 2 atom stereocenters. The molecule has 1 aromatic heterocycles. The van der Waals surface area contributed by atoms with Gasteiger partial charge in [-0.25, -0.2) is 9.97 Å². The Kier molecular flexibility index (Phi) is 1.53. The fourth-order valence-corrected chi connectivity index (χ4v) is 1.34. The third-order valence-corrected chi connectivity index (χ3v) is 2.12. The van der Waals surface area contributed by atoms with Gasteiger partial charge in [0.15, 0.2) is 0 Å². The van der Waals surface area contributed by atoms with Gasteiger partial charge in [0.25, 0.3) is 0 Å². The van der Waals surface area contributed by atoms with Crippen LogP contribution in [0.5, 0.6) is 0 Å². The highest BCUT2D eigenvalue weighted by Crippen LogP contribution is 2.46. The largest absolute Gasteiger partial charge is 0.481 e. The normalized spacial score (nSPS) is 26.7. The standard InChI is InChI=1S/C8H8N2O2/c11-8(12)7-1-6(7)5-2-9-4-10-3-5/h2-4,6-7H,1H2,(H,11,12). The Morgan fingerprint density at radius 3 is 2.67 bits per heavy atom. The summed E-state index contributed by atoms with van der Waals surface area (Å²) in [4.78, 5) is 18.2. The highest BCUT2D eigenvalue weighted by atomic mass is 16.4. The number of hydrogen-bond donors (Lipinski definition) is 1. The van der Waals surface area contributed by atoms with Gasteiger partial charge in [0.05, 0.1) is 5.92 Å². The van der Waals surface area contributed by atoms with Gasteiger partial charge in [0.1, 0.15) is 6.33 Å². The van der Waals surface area contributed by atoms with Crippen LogP contribution in [0.3, 0.4) is 0 Å². The average Bonchev–Trinajstić information content (AvgIpc) is 2.84. The van der Waals surface area contributed by atoms with Gasteiger partial charge in [0.2, 0.25) is 0 Å². The minimum atomic E-state index is -0.719. The molecule has 1 aliphatic carbocycles. The summed E-state index contributed by atoms with van der Waals surface area (Å²) >= 11 is 0. The smallest absolute Gasteiger partial charge is 0.307 e. The summed E-state index contributed by atoms with van der Waals surface area (Å²) in [5, 5.41) is 8.64. The van der Waals surface area contributed by atoms with E-state index in [0.29, 0.717) is 0 Å². The maximum absolute atomic E-state index is 10.5. The molecule has 2 unspecified atom stereocenters. The predicted octanol–water partition coefficient (Wildman–Crippen LogP) is 0.665. The maximum Gasteiger partial charge on any atom is 0.307 e. The van der Waals surface area contributed by atoms with E-state index < -0.39 is 5.97 Å². The third-order valence-electron chi connectivity index (χ3n) is 2.12. The van der Waals surface area contributed by atoms with Crippen molar-refractivity contribution < 1.29 is 9.90 Å². The maximum atomic E-state index is 10.5. The number of carbonyl (C=O) groups is 1. The molecule has 1 N–H and O–H groups in total. The second-order valence-electron chi connectivity index (χ2n) is 2.96. The molecule has 1 aliphatic rings. The predicted molar refractivity (Wildman–Crippen MR) is 40.5 cm³/mol. The van der Waals surface area contributed by atoms with Crippen molar-refractivity contribution in [2.45, 2.75) is 12.3 Å². The monoisotopic (exact) mass is 164 g/mol. The fourth-order valence-electron chi connectivity index (χ4n) is 1.34. The van der Waals surface area contributed by atoms with Gasteiger partial charge < -0.3 is 5.11 Å². The van der Waals surface area contributed by atoms with Crippen LogP contribution < -0.4 is 0 Å². The van der Waals surface area contributed by atoms with Crippen LogP contribution in [-0.2, 0) is 4.79 Å². The van der Waals surface area contributed by atoms with E-state index >= 15 is 0 Å². The Morgan fingerprint density at radius 2 is 2.17 bits per heavy atom. The summed E-state index contributed by atoms with van der Waals surface area (Å²) in [6, 6.07) is 0. The first-order valence-electron chi connectivity index (χ1n) is 3.77. The van der Waals surface area contributed by atoms with Gasteiger partial charge in [-0.05, 0) is 12.0 Å². The molecule has 4 nitrogen and oxygen atoms in total. The molecule has 0 aromatic carbocycles. The van der Waals surface area contributed by atoms with Crippen LogP contribution in [0.15, 0.2) is 18.7 Å². The Hall–Kier alpha value is -1.45. The van der Waals surface area contributed by atoms with Gasteiger partial charge in [-0.3, -0.25) is 4.79 Å². The molecule has 0 spiro atoms. The molecule has 1 fully saturated rings. The van der Waals surface area contributed by atoms with E-state index in [4.69, 9.17) is 5.11 Å². The molecule has 12 heavy (non-hydrogen) atoms. The lowest BCUT2D eigenvalue weighted by Crippen LogP contribution is -1.99. The quantitative estimate of drug-likeness (QED) is 0.697. The number of nitrogens with zero attached hydrogens (tertiary/aromatic N) is 2. The highest BCUT2D eigenvalue weighted by Gasteiger charge is 2.44. The Bertz CT molecular complexity index is 299. The van der Waals surface area contributed by atoms with Gasteiger partial charge in [-0.2, -0.15) is 0 Å². The fraction of sp³-hybridized carbons (Fsp3) is 0.375. The van der Waals surface area contributed by atoms with Gasteiger partial charge in [-0.1, -0.05) is 0 Å². The summed E-state index contributed by atoms with van der Waals surface area (Å²) in [7, 11) is 0. The Labute approximate surface area is 69.3 Å². The van der Waals surface area contributed by atoms with Crippen molar-refractivity contribution >= 4 is 5.97 Å². The third kappa shape index (κ3) is 1.15. The van der Waals surface area contributed by atoms with Crippen LogP contribution in [0.1, 0.15) is 17.9 Å². The number of rotatable bonds is 2. The summed E-state index contributed by atoms with van der Waals surface area (Å²) < 4.78 is 0. The molecule has 1 aromatic rings. The molecule has 62 valence electrons. The van der Waals surface area contributed by atoms with Crippen LogP contribution >= 0.6 is 0 Å². The minimum Gasteiger partial charge on any atom is -0.481 e. The van der Waals surface area contributed by atoms with Gasteiger partial charge in [0, 0.05) is 18.3 Å².